The van der Waals surface area contributed by atoms with Crippen LogP contribution in [0.25, 0.3) is 0 Å². The maximum atomic E-state index is 9.97. The van der Waals surface area contributed by atoms with Crippen LogP contribution in [-0.4, -0.2) is 35.1 Å². The first kappa shape index (κ1) is 19.4. The molecule has 0 aliphatic rings. The highest BCUT2D eigenvalue weighted by molar-refractivity contribution is 5.41. The average molecular weight is 344 g/mol. The zero-order valence-electron chi connectivity index (χ0n) is 15.4. The monoisotopic (exact) mass is 344 g/mol. The molecule has 4 heteroatoms. The Bertz CT molecular complexity index is 712. The molecule has 3 N–H and O–H groups in total. The van der Waals surface area contributed by atoms with Crippen LogP contribution in [0.4, 0.5) is 0 Å². The van der Waals surface area contributed by atoms with Crippen LogP contribution in [0.15, 0.2) is 36.4 Å². The van der Waals surface area contributed by atoms with Crippen LogP contribution >= 0.6 is 0 Å². The van der Waals surface area contributed by atoms with Crippen molar-refractivity contribution < 1.29 is 20.1 Å². The van der Waals surface area contributed by atoms with Gasteiger partial charge >= 0.3 is 0 Å². The second-order valence-corrected chi connectivity index (χ2v) is 6.82. The Labute approximate surface area is 149 Å². The standard InChI is InChI=1S/C21H28O4/c1-14-7-5-9-18(16(14)3)20(21(11-22,12-23)13-24)25-19-10-6-8-15(2)17(19)4/h5-10,20,22-24H,11-13H2,1-4H3. The van der Waals surface area contributed by atoms with Crippen LogP contribution < -0.4 is 4.74 Å². The van der Waals surface area contributed by atoms with Crippen molar-refractivity contribution in [3.63, 3.8) is 0 Å². The summed E-state index contributed by atoms with van der Waals surface area (Å²) in [6, 6.07) is 11.6. The van der Waals surface area contributed by atoms with Gasteiger partial charge in [-0.2, -0.15) is 0 Å². The average Bonchev–Trinajstić information content (AvgIpc) is 2.62. The van der Waals surface area contributed by atoms with Gasteiger partial charge in [0, 0.05) is 0 Å². The summed E-state index contributed by atoms with van der Waals surface area (Å²) in [6.07, 6.45) is -0.673. The summed E-state index contributed by atoms with van der Waals surface area (Å²) in [4.78, 5) is 0. The molecule has 0 fully saturated rings. The van der Waals surface area contributed by atoms with Crippen LogP contribution in [0, 0.1) is 33.1 Å². The van der Waals surface area contributed by atoms with Crippen molar-refractivity contribution in [2.24, 2.45) is 5.41 Å². The minimum Gasteiger partial charge on any atom is -0.485 e. The third kappa shape index (κ3) is 3.71. The molecule has 2 aromatic carbocycles. The second-order valence-electron chi connectivity index (χ2n) is 6.82. The Hall–Kier alpha value is -1.88. The third-order valence-corrected chi connectivity index (χ3v) is 5.23. The molecule has 0 spiro atoms. The SMILES string of the molecule is Cc1cccc(OC(c2cccc(C)c2C)C(CO)(CO)CO)c1C. The fourth-order valence-electron chi connectivity index (χ4n) is 2.95. The van der Waals surface area contributed by atoms with E-state index in [9.17, 15) is 15.3 Å². The van der Waals surface area contributed by atoms with Crippen molar-refractivity contribution in [3.05, 3.63) is 64.2 Å². The summed E-state index contributed by atoms with van der Waals surface area (Å²) in [5.74, 6) is 0.686. The first-order valence-electron chi connectivity index (χ1n) is 8.51. The molecular formula is C21H28O4. The topological polar surface area (TPSA) is 69.9 Å². The Balaban J connectivity index is 2.60. The van der Waals surface area contributed by atoms with Gasteiger partial charge in [0.1, 0.15) is 11.9 Å². The minimum atomic E-state index is -1.19. The number of benzene rings is 2. The molecule has 0 amide bonds. The van der Waals surface area contributed by atoms with E-state index in [-0.39, 0.29) is 19.8 Å². The van der Waals surface area contributed by atoms with Gasteiger partial charge < -0.3 is 20.1 Å². The molecule has 4 nitrogen and oxygen atoms in total. The summed E-state index contributed by atoms with van der Waals surface area (Å²) in [5, 5.41) is 29.9. The van der Waals surface area contributed by atoms with Gasteiger partial charge in [-0.15, -0.1) is 0 Å². The van der Waals surface area contributed by atoms with Crippen molar-refractivity contribution >= 4 is 0 Å². The van der Waals surface area contributed by atoms with Gasteiger partial charge in [0.25, 0.3) is 0 Å². The highest BCUT2D eigenvalue weighted by Gasteiger charge is 2.41. The van der Waals surface area contributed by atoms with Crippen molar-refractivity contribution in [3.8, 4) is 5.75 Å². The van der Waals surface area contributed by atoms with Crippen LogP contribution in [0.5, 0.6) is 5.75 Å². The molecule has 0 aliphatic carbocycles. The van der Waals surface area contributed by atoms with Crippen LogP contribution in [0.2, 0.25) is 0 Å². The molecule has 0 saturated heterocycles. The molecule has 136 valence electrons. The molecule has 1 unspecified atom stereocenters. The Morgan fingerprint density at radius 1 is 0.800 bits per heavy atom. The van der Waals surface area contributed by atoms with Crippen LogP contribution in [0.1, 0.15) is 33.9 Å². The van der Waals surface area contributed by atoms with Crippen LogP contribution in [-0.2, 0) is 0 Å². The molecule has 1 atom stereocenters. The van der Waals surface area contributed by atoms with Gasteiger partial charge in [-0.05, 0) is 61.6 Å². The van der Waals surface area contributed by atoms with E-state index in [2.05, 4.69) is 0 Å². The Kier molecular flexibility index (Phi) is 6.22. The van der Waals surface area contributed by atoms with E-state index in [1.807, 2.05) is 64.1 Å². The van der Waals surface area contributed by atoms with Gasteiger partial charge in [0.15, 0.2) is 0 Å². The summed E-state index contributed by atoms with van der Waals surface area (Å²) in [6.45, 7) is 6.82. The second kappa shape index (κ2) is 8.00. The van der Waals surface area contributed by atoms with E-state index < -0.39 is 11.5 Å². The maximum absolute atomic E-state index is 9.97. The molecule has 0 aliphatic heterocycles. The van der Waals surface area contributed by atoms with E-state index in [4.69, 9.17) is 4.74 Å². The number of ether oxygens (including phenoxy) is 1. The molecule has 2 aromatic rings. The smallest absolute Gasteiger partial charge is 0.136 e. The van der Waals surface area contributed by atoms with Crippen molar-refractivity contribution in [1.29, 1.82) is 0 Å². The quantitative estimate of drug-likeness (QED) is 0.722. The first-order chi connectivity index (χ1) is 11.9. The normalized spacial score (nSPS) is 12.9. The summed E-state index contributed by atoms with van der Waals surface area (Å²) < 4.78 is 6.31. The van der Waals surface area contributed by atoms with Gasteiger partial charge in [-0.25, -0.2) is 0 Å². The Morgan fingerprint density at radius 3 is 1.88 bits per heavy atom. The third-order valence-electron chi connectivity index (χ3n) is 5.23. The number of hydrogen-bond donors (Lipinski definition) is 3. The molecule has 0 aromatic heterocycles. The summed E-state index contributed by atoms with van der Waals surface area (Å²) >= 11 is 0. The summed E-state index contributed by atoms with van der Waals surface area (Å²) in [5.41, 5.74) is 3.89. The molecular weight excluding hydrogens is 316 g/mol. The van der Waals surface area contributed by atoms with E-state index in [0.717, 1.165) is 27.8 Å². The van der Waals surface area contributed by atoms with Gasteiger partial charge in [-0.1, -0.05) is 30.3 Å². The maximum Gasteiger partial charge on any atom is 0.136 e. The molecule has 0 radical (unpaired) electrons. The van der Waals surface area contributed by atoms with Crippen molar-refractivity contribution in [2.75, 3.05) is 19.8 Å². The lowest BCUT2D eigenvalue weighted by Gasteiger charge is -2.38. The zero-order chi connectivity index (χ0) is 18.6. The number of aliphatic hydroxyl groups is 3. The highest BCUT2D eigenvalue weighted by Crippen LogP contribution is 2.40. The van der Waals surface area contributed by atoms with Gasteiger partial charge in [0.05, 0.1) is 25.2 Å². The van der Waals surface area contributed by atoms with Gasteiger partial charge in [-0.3, -0.25) is 0 Å². The largest absolute Gasteiger partial charge is 0.485 e. The number of aryl methyl sites for hydroxylation is 2. The lowest BCUT2D eigenvalue weighted by Crippen LogP contribution is -2.43. The molecule has 2 rings (SSSR count). The van der Waals surface area contributed by atoms with Crippen molar-refractivity contribution in [2.45, 2.75) is 33.8 Å². The predicted octanol–water partition coefficient (Wildman–Crippen LogP) is 3.00. The van der Waals surface area contributed by atoms with E-state index >= 15 is 0 Å². The molecule has 25 heavy (non-hydrogen) atoms. The fraction of sp³-hybridized carbons (Fsp3) is 0.429. The fourth-order valence-corrected chi connectivity index (χ4v) is 2.95. The van der Waals surface area contributed by atoms with Crippen LogP contribution in [0.3, 0.4) is 0 Å². The molecule has 0 heterocycles. The summed E-state index contributed by atoms with van der Waals surface area (Å²) in [7, 11) is 0. The van der Waals surface area contributed by atoms with E-state index in [0.29, 0.717) is 5.75 Å². The molecule has 0 bridgehead atoms. The highest BCUT2D eigenvalue weighted by atomic mass is 16.5. The lowest BCUT2D eigenvalue weighted by molar-refractivity contribution is -0.0746. The van der Waals surface area contributed by atoms with E-state index in [1.54, 1.807) is 0 Å². The predicted molar refractivity (Wildman–Crippen MR) is 98.9 cm³/mol. The van der Waals surface area contributed by atoms with Crippen molar-refractivity contribution in [1.82, 2.24) is 0 Å². The molecule has 0 saturated carbocycles. The number of hydrogen-bond acceptors (Lipinski definition) is 4. The number of rotatable bonds is 7. The zero-order valence-corrected chi connectivity index (χ0v) is 15.4. The lowest BCUT2D eigenvalue weighted by atomic mass is 9.78. The Morgan fingerprint density at radius 2 is 1.32 bits per heavy atom. The van der Waals surface area contributed by atoms with E-state index in [1.165, 1.54) is 0 Å². The van der Waals surface area contributed by atoms with Gasteiger partial charge in [0.2, 0.25) is 0 Å². The minimum absolute atomic E-state index is 0.386. The first-order valence-corrected chi connectivity index (χ1v) is 8.51. The number of aliphatic hydroxyl groups excluding tert-OH is 3.